The Labute approximate surface area is 128 Å². The molecule has 1 aromatic carbocycles. The minimum atomic E-state index is -3.75. The highest BCUT2D eigenvalue weighted by molar-refractivity contribution is 7.89. The first-order chi connectivity index (χ1) is 10.4. The molecular weight excluding hydrogens is 309 g/mol. The van der Waals surface area contributed by atoms with Gasteiger partial charge in [-0.2, -0.15) is 4.31 Å². The van der Waals surface area contributed by atoms with Crippen molar-refractivity contribution in [1.82, 2.24) is 4.31 Å². The molecule has 0 aliphatic carbocycles. The first kappa shape index (κ1) is 15.5. The molecule has 0 amide bonds. The van der Waals surface area contributed by atoms with Crippen molar-refractivity contribution in [1.29, 1.82) is 0 Å². The van der Waals surface area contributed by atoms with E-state index in [0.29, 0.717) is 30.4 Å². The van der Waals surface area contributed by atoms with Crippen LogP contribution in [0, 0.1) is 11.7 Å². The summed E-state index contributed by atoms with van der Waals surface area (Å²) in [4.78, 5) is 0. The van der Waals surface area contributed by atoms with E-state index in [1.165, 1.54) is 28.6 Å². The number of fused-ring (bicyclic) bond motifs is 1. The zero-order valence-electron chi connectivity index (χ0n) is 12.2. The van der Waals surface area contributed by atoms with E-state index in [1.807, 2.05) is 6.92 Å². The summed E-state index contributed by atoms with van der Waals surface area (Å²) in [5, 5.41) is 9.48. The molecule has 1 fully saturated rings. The maximum atomic E-state index is 13.2. The van der Waals surface area contributed by atoms with Crippen molar-refractivity contribution in [3.63, 3.8) is 0 Å². The van der Waals surface area contributed by atoms with Crippen LogP contribution < -0.4 is 0 Å². The Hall–Kier alpha value is -1.44. The highest BCUT2D eigenvalue weighted by Crippen LogP contribution is 2.31. The smallest absolute Gasteiger partial charge is 0.276 e. The Kier molecular flexibility index (Phi) is 3.96. The van der Waals surface area contributed by atoms with Gasteiger partial charge in [-0.25, -0.2) is 12.8 Å². The number of sulfonamides is 1. The molecular formula is C15H18FNO4S. The SMILES string of the molecule is C[C@H]1C[C@@H](CO)CCN1S(=O)(=O)c1cc2cc(F)ccc2o1. The molecule has 2 atom stereocenters. The van der Waals surface area contributed by atoms with Gasteiger partial charge in [0, 0.05) is 30.6 Å². The van der Waals surface area contributed by atoms with Crippen LogP contribution in [0.15, 0.2) is 33.8 Å². The van der Waals surface area contributed by atoms with Crippen molar-refractivity contribution in [3.05, 3.63) is 30.1 Å². The third kappa shape index (κ3) is 2.64. The van der Waals surface area contributed by atoms with Crippen molar-refractivity contribution in [2.45, 2.75) is 30.9 Å². The fourth-order valence-corrected chi connectivity index (χ4v) is 4.61. The molecule has 1 aliphatic heterocycles. The number of halogens is 1. The van der Waals surface area contributed by atoms with E-state index in [0.717, 1.165) is 0 Å². The van der Waals surface area contributed by atoms with Crippen molar-refractivity contribution < 1.29 is 22.3 Å². The van der Waals surface area contributed by atoms with E-state index in [1.54, 1.807) is 0 Å². The second kappa shape index (κ2) is 5.64. The van der Waals surface area contributed by atoms with E-state index in [4.69, 9.17) is 4.42 Å². The van der Waals surface area contributed by atoms with Crippen LogP contribution in [0.4, 0.5) is 4.39 Å². The molecule has 1 aromatic heterocycles. The van der Waals surface area contributed by atoms with Gasteiger partial charge in [0.15, 0.2) is 0 Å². The van der Waals surface area contributed by atoms with Gasteiger partial charge < -0.3 is 9.52 Å². The second-order valence-electron chi connectivity index (χ2n) is 5.79. The van der Waals surface area contributed by atoms with Gasteiger partial charge in [0.05, 0.1) is 0 Å². The molecule has 2 heterocycles. The Balaban J connectivity index is 1.94. The Morgan fingerprint density at radius 3 is 2.86 bits per heavy atom. The Bertz CT molecular complexity index is 786. The lowest BCUT2D eigenvalue weighted by atomic mass is 9.94. The quantitative estimate of drug-likeness (QED) is 0.939. The van der Waals surface area contributed by atoms with Crippen LogP contribution in [-0.4, -0.2) is 37.0 Å². The van der Waals surface area contributed by atoms with E-state index < -0.39 is 15.8 Å². The molecule has 0 radical (unpaired) electrons. The fraction of sp³-hybridized carbons (Fsp3) is 0.467. The van der Waals surface area contributed by atoms with Crippen LogP contribution in [0.25, 0.3) is 11.0 Å². The average Bonchev–Trinajstić information content (AvgIpc) is 2.90. The van der Waals surface area contributed by atoms with Crippen molar-refractivity contribution in [2.75, 3.05) is 13.2 Å². The summed E-state index contributed by atoms with van der Waals surface area (Å²) in [6, 6.07) is 5.06. The summed E-state index contributed by atoms with van der Waals surface area (Å²) >= 11 is 0. The maximum Gasteiger partial charge on any atom is 0.276 e. The molecule has 0 spiro atoms. The molecule has 2 aromatic rings. The van der Waals surface area contributed by atoms with E-state index >= 15 is 0 Å². The number of aliphatic hydroxyl groups is 1. The lowest BCUT2D eigenvalue weighted by Crippen LogP contribution is -2.45. The van der Waals surface area contributed by atoms with Crippen molar-refractivity contribution in [2.24, 2.45) is 5.92 Å². The second-order valence-corrected chi connectivity index (χ2v) is 7.61. The van der Waals surface area contributed by atoms with Crippen LogP contribution in [0.2, 0.25) is 0 Å². The fourth-order valence-electron chi connectivity index (χ4n) is 3.00. The third-order valence-corrected chi connectivity index (χ3v) is 6.07. The number of benzene rings is 1. The minimum Gasteiger partial charge on any atom is -0.443 e. The van der Waals surface area contributed by atoms with Gasteiger partial charge in [0.2, 0.25) is 5.09 Å². The summed E-state index contributed by atoms with van der Waals surface area (Å²) in [7, 11) is -3.75. The summed E-state index contributed by atoms with van der Waals surface area (Å²) < 4.78 is 45.5. The molecule has 5 nitrogen and oxygen atoms in total. The van der Waals surface area contributed by atoms with Crippen molar-refractivity contribution in [3.8, 4) is 0 Å². The standard InChI is InChI=1S/C15H18FNO4S/c1-10-6-11(9-18)4-5-17(10)22(19,20)15-8-12-7-13(16)2-3-14(12)21-15/h2-3,7-8,10-11,18H,4-6,9H2,1H3/t10-,11-/m0/s1. The van der Waals surface area contributed by atoms with Gasteiger partial charge in [0.1, 0.15) is 11.4 Å². The van der Waals surface area contributed by atoms with Crippen LogP contribution >= 0.6 is 0 Å². The number of hydrogen-bond donors (Lipinski definition) is 1. The molecule has 1 saturated heterocycles. The number of nitrogens with zero attached hydrogens (tertiary/aromatic N) is 1. The molecule has 120 valence electrons. The number of hydrogen-bond acceptors (Lipinski definition) is 4. The summed E-state index contributed by atoms with van der Waals surface area (Å²) in [5.41, 5.74) is 0.345. The predicted octanol–water partition coefficient (Wildman–Crippen LogP) is 2.35. The van der Waals surface area contributed by atoms with Gasteiger partial charge >= 0.3 is 0 Å². The van der Waals surface area contributed by atoms with Crippen LogP contribution in [-0.2, 0) is 10.0 Å². The summed E-state index contributed by atoms with van der Waals surface area (Å²) in [5.74, 6) is -0.305. The number of aliphatic hydroxyl groups excluding tert-OH is 1. The Morgan fingerprint density at radius 1 is 1.41 bits per heavy atom. The third-order valence-electron chi connectivity index (χ3n) is 4.20. The van der Waals surface area contributed by atoms with Gasteiger partial charge in [-0.1, -0.05) is 0 Å². The summed E-state index contributed by atoms with van der Waals surface area (Å²) in [6.07, 6.45) is 1.24. The van der Waals surface area contributed by atoms with Gasteiger partial charge in [-0.3, -0.25) is 0 Å². The minimum absolute atomic E-state index is 0.0716. The molecule has 7 heteroatoms. The molecule has 0 saturated carbocycles. The normalized spacial score (nSPS) is 24.0. The maximum absolute atomic E-state index is 13.2. The first-order valence-corrected chi connectivity index (χ1v) is 8.67. The van der Waals surface area contributed by atoms with E-state index in [9.17, 15) is 17.9 Å². The van der Waals surface area contributed by atoms with Crippen molar-refractivity contribution >= 4 is 21.0 Å². The number of furan rings is 1. The van der Waals surface area contributed by atoms with Crippen LogP contribution in [0.1, 0.15) is 19.8 Å². The molecule has 3 rings (SSSR count). The molecule has 22 heavy (non-hydrogen) atoms. The van der Waals surface area contributed by atoms with E-state index in [-0.39, 0.29) is 23.7 Å². The average molecular weight is 327 g/mol. The molecule has 1 N–H and O–H groups in total. The topological polar surface area (TPSA) is 70.8 Å². The first-order valence-electron chi connectivity index (χ1n) is 7.23. The summed E-state index contributed by atoms with van der Waals surface area (Å²) in [6.45, 7) is 2.24. The van der Waals surface area contributed by atoms with Gasteiger partial charge in [0.25, 0.3) is 10.0 Å². The predicted molar refractivity (Wildman–Crippen MR) is 79.3 cm³/mol. The molecule has 0 bridgehead atoms. The van der Waals surface area contributed by atoms with Crippen LogP contribution in [0.3, 0.4) is 0 Å². The Morgan fingerprint density at radius 2 is 2.18 bits per heavy atom. The number of piperidine rings is 1. The zero-order valence-corrected chi connectivity index (χ0v) is 13.0. The van der Waals surface area contributed by atoms with E-state index in [2.05, 4.69) is 0 Å². The largest absolute Gasteiger partial charge is 0.443 e. The van der Waals surface area contributed by atoms with Gasteiger partial charge in [-0.05, 0) is 43.9 Å². The zero-order chi connectivity index (χ0) is 15.9. The molecule has 1 aliphatic rings. The highest BCUT2D eigenvalue weighted by atomic mass is 32.2. The lowest BCUT2D eigenvalue weighted by Gasteiger charge is -2.35. The number of rotatable bonds is 3. The van der Waals surface area contributed by atoms with Crippen LogP contribution in [0.5, 0.6) is 0 Å². The lowest BCUT2D eigenvalue weighted by molar-refractivity contribution is 0.139. The monoisotopic (exact) mass is 327 g/mol. The molecule has 0 unspecified atom stereocenters. The highest BCUT2D eigenvalue weighted by Gasteiger charge is 2.36. The van der Waals surface area contributed by atoms with Gasteiger partial charge in [-0.15, -0.1) is 0 Å².